The van der Waals surface area contributed by atoms with Crippen LogP contribution in [-0.4, -0.2) is 19.0 Å². The van der Waals surface area contributed by atoms with Crippen LogP contribution in [0, 0.1) is 0 Å². The van der Waals surface area contributed by atoms with E-state index >= 15 is 0 Å². The first-order valence-corrected chi connectivity index (χ1v) is 5.51. The summed E-state index contributed by atoms with van der Waals surface area (Å²) in [5, 5.41) is 0. The molecule has 2 heteroatoms. The van der Waals surface area contributed by atoms with Gasteiger partial charge in [-0.1, -0.05) is 30.3 Å². The van der Waals surface area contributed by atoms with Gasteiger partial charge in [-0.25, -0.2) is 4.99 Å². The maximum absolute atomic E-state index is 5.05. The molecule has 1 heterocycles. The van der Waals surface area contributed by atoms with E-state index in [-0.39, 0.29) is 0 Å². The molecule has 0 amide bonds. The highest BCUT2D eigenvalue weighted by molar-refractivity contribution is 5.49. The van der Waals surface area contributed by atoms with E-state index in [2.05, 4.69) is 41.7 Å². The molecule has 1 aliphatic heterocycles. The maximum atomic E-state index is 5.05. The fourth-order valence-corrected chi connectivity index (χ4v) is 2.39. The van der Waals surface area contributed by atoms with Crippen molar-refractivity contribution in [3.05, 3.63) is 35.9 Å². The molecule has 0 bridgehead atoms. The smallest absolute Gasteiger partial charge is 0.273 e. The molecule has 2 nitrogen and oxygen atoms in total. The molecule has 3 rings (SSSR count). The number of ether oxygens (including phenoxy) is 1. The normalized spacial score (nSPS) is 26.3. The lowest BCUT2D eigenvalue weighted by Crippen LogP contribution is -2.17. The molecule has 77 valence electrons. The Morgan fingerprint density at radius 3 is 2.73 bits per heavy atom. The average Bonchev–Trinajstić information content (AvgIpc) is 2.88. The monoisotopic (exact) mass is 200 g/mol. The molecule has 15 heavy (non-hydrogen) atoms. The molecule has 0 N–H and O–H groups in total. The number of aliphatic imine (C=N–C) groups is 1. The van der Waals surface area contributed by atoms with Crippen molar-refractivity contribution in [2.75, 3.05) is 6.61 Å². The average molecular weight is 200 g/mol. The minimum absolute atomic E-state index is 0.327. The Kier molecular flexibility index (Phi) is 2.01. The predicted molar refractivity (Wildman–Crippen MR) is 59.1 cm³/mol. The first-order valence-electron chi connectivity index (χ1n) is 5.51. The minimum Gasteiger partial charge on any atom is -0.472 e. The molecule has 1 fully saturated rings. The Labute approximate surface area is 90.0 Å². The van der Waals surface area contributed by atoms with E-state index in [0.29, 0.717) is 18.1 Å². The third kappa shape index (κ3) is 1.65. The van der Waals surface area contributed by atoms with Crippen LogP contribution in [0.1, 0.15) is 24.8 Å². The zero-order valence-electron chi connectivity index (χ0n) is 8.65. The largest absolute Gasteiger partial charge is 0.472 e. The highest BCUT2D eigenvalue weighted by atomic mass is 16.5. The fraction of sp³-hybridized carbons (Fsp3) is 0.462. The fourth-order valence-electron chi connectivity index (χ4n) is 2.39. The van der Waals surface area contributed by atoms with Gasteiger partial charge in [-0.3, -0.25) is 0 Å². The van der Waals surface area contributed by atoms with Crippen molar-refractivity contribution in [2.45, 2.75) is 30.7 Å². The van der Waals surface area contributed by atoms with Crippen LogP contribution in [0.5, 0.6) is 0 Å². The van der Waals surface area contributed by atoms with Gasteiger partial charge in [-0.05, 0) is 30.2 Å². The Morgan fingerprint density at radius 1 is 1.33 bits per heavy atom. The van der Waals surface area contributed by atoms with E-state index < -0.39 is 0 Å². The highest BCUT2D eigenvalue weighted by Gasteiger charge is 2.45. The SMILES string of the molecule is [C]1=NC(CC2(c3ccccc3)CC2)CO1. The maximum Gasteiger partial charge on any atom is 0.273 e. The molecule has 1 unspecified atom stereocenters. The van der Waals surface area contributed by atoms with Gasteiger partial charge in [-0.2, -0.15) is 0 Å². The molecule has 0 aromatic heterocycles. The first kappa shape index (κ1) is 8.96. The molecule has 0 spiro atoms. The predicted octanol–water partition coefficient (Wildman–Crippen LogP) is 2.41. The van der Waals surface area contributed by atoms with Gasteiger partial charge in [0.05, 0.1) is 6.04 Å². The van der Waals surface area contributed by atoms with E-state index in [1.807, 2.05) is 0 Å². The minimum atomic E-state index is 0.327. The Morgan fingerprint density at radius 2 is 2.13 bits per heavy atom. The Hall–Kier alpha value is -1.31. The van der Waals surface area contributed by atoms with Crippen molar-refractivity contribution in [3.8, 4) is 0 Å². The molecule has 2 aliphatic rings. The van der Waals surface area contributed by atoms with Gasteiger partial charge < -0.3 is 4.74 Å². The van der Waals surface area contributed by atoms with Gasteiger partial charge >= 0.3 is 0 Å². The number of rotatable bonds is 3. The molecule has 0 saturated heterocycles. The van der Waals surface area contributed by atoms with Crippen molar-refractivity contribution in [2.24, 2.45) is 4.99 Å². The van der Waals surface area contributed by atoms with Crippen molar-refractivity contribution in [1.29, 1.82) is 0 Å². The summed E-state index contributed by atoms with van der Waals surface area (Å²) >= 11 is 0. The van der Waals surface area contributed by atoms with Gasteiger partial charge in [0.1, 0.15) is 6.61 Å². The molecule has 1 atom stereocenters. The van der Waals surface area contributed by atoms with Crippen molar-refractivity contribution in [3.63, 3.8) is 0 Å². The topological polar surface area (TPSA) is 21.6 Å². The van der Waals surface area contributed by atoms with Crippen LogP contribution in [0.25, 0.3) is 0 Å². The summed E-state index contributed by atoms with van der Waals surface area (Å²) in [5.74, 6) is 0. The molecule has 1 aromatic rings. The van der Waals surface area contributed by atoms with Crippen LogP contribution in [0.4, 0.5) is 0 Å². The number of benzene rings is 1. The van der Waals surface area contributed by atoms with Crippen LogP contribution in [-0.2, 0) is 10.2 Å². The lowest BCUT2D eigenvalue weighted by Gasteiger charge is -2.17. The number of nitrogens with zero attached hydrogens (tertiary/aromatic N) is 1. The van der Waals surface area contributed by atoms with Gasteiger partial charge in [0, 0.05) is 0 Å². The quantitative estimate of drug-likeness (QED) is 0.734. The van der Waals surface area contributed by atoms with Crippen LogP contribution < -0.4 is 0 Å². The molecule has 1 radical (unpaired) electrons. The number of hydrogen-bond acceptors (Lipinski definition) is 2. The third-order valence-corrected chi connectivity index (χ3v) is 3.44. The van der Waals surface area contributed by atoms with Gasteiger partial charge in [0.15, 0.2) is 0 Å². The second-order valence-corrected chi connectivity index (χ2v) is 4.54. The highest BCUT2D eigenvalue weighted by Crippen LogP contribution is 2.52. The van der Waals surface area contributed by atoms with Crippen molar-refractivity contribution in [1.82, 2.24) is 0 Å². The molecule has 1 aliphatic carbocycles. The standard InChI is InChI=1S/C13H14NO/c1-2-4-11(5-3-1)13(6-7-13)8-12-9-15-10-14-12/h1-5,12H,6-9H2. The zero-order valence-corrected chi connectivity index (χ0v) is 8.65. The van der Waals surface area contributed by atoms with E-state index in [4.69, 9.17) is 4.74 Å². The summed E-state index contributed by atoms with van der Waals surface area (Å²) in [5.41, 5.74) is 1.86. The Bertz CT molecular complexity index is 367. The van der Waals surface area contributed by atoms with Gasteiger partial charge in [0.2, 0.25) is 0 Å². The molecular weight excluding hydrogens is 186 g/mol. The summed E-state index contributed by atoms with van der Waals surface area (Å²) in [7, 11) is 0. The zero-order chi connectivity index (χ0) is 10.1. The lowest BCUT2D eigenvalue weighted by molar-refractivity contribution is 0.312. The van der Waals surface area contributed by atoms with Gasteiger partial charge in [0.25, 0.3) is 6.40 Å². The summed E-state index contributed by atoms with van der Waals surface area (Å²) in [6.45, 7) is 0.717. The van der Waals surface area contributed by atoms with Crippen molar-refractivity contribution < 1.29 is 4.74 Å². The second-order valence-electron chi connectivity index (χ2n) is 4.54. The summed E-state index contributed by atoms with van der Waals surface area (Å²) in [6, 6.07) is 11.1. The van der Waals surface area contributed by atoms with E-state index in [1.165, 1.54) is 18.4 Å². The molecular formula is C13H14NO. The van der Waals surface area contributed by atoms with Crippen LogP contribution >= 0.6 is 0 Å². The summed E-state index contributed by atoms with van der Waals surface area (Å²) in [6.07, 6.45) is 6.30. The van der Waals surface area contributed by atoms with Crippen molar-refractivity contribution >= 4 is 6.40 Å². The van der Waals surface area contributed by atoms with Gasteiger partial charge in [-0.15, -0.1) is 0 Å². The second kappa shape index (κ2) is 3.37. The third-order valence-electron chi connectivity index (χ3n) is 3.44. The Balaban J connectivity index is 1.77. The summed E-state index contributed by atoms with van der Waals surface area (Å²) in [4.78, 5) is 4.21. The van der Waals surface area contributed by atoms with Crippen LogP contribution in [0.3, 0.4) is 0 Å². The summed E-state index contributed by atoms with van der Waals surface area (Å²) < 4.78 is 5.05. The van der Waals surface area contributed by atoms with E-state index in [1.54, 1.807) is 0 Å². The van der Waals surface area contributed by atoms with Crippen LogP contribution in [0.2, 0.25) is 0 Å². The lowest BCUT2D eigenvalue weighted by atomic mass is 9.89. The molecule has 1 saturated carbocycles. The molecule has 1 aromatic carbocycles. The van der Waals surface area contributed by atoms with E-state index in [9.17, 15) is 0 Å². The first-order chi connectivity index (χ1) is 7.39. The van der Waals surface area contributed by atoms with E-state index in [0.717, 1.165) is 6.42 Å². The van der Waals surface area contributed by atoms with Crippen LogP contribution in [0.15, 0.2) is 35.3 Å². The number of hydrogen-bond donors (Lipinski definition) is 0.